The third-order valence-corrected chi connectivity index (χ3v) is 2.98. The molecule has 0 aromatic heterocycles. The molecule has 0 heterocycles. The standard InChI is InChI=1S/C15H21FN2O2/c1-2-3-4-12-7-13(5-6-14(12)15(18)19)20-10-11(8-16)9-17/h5-8H,2-4,9-10,17H2,1H3,(H2,18,19)/b11-8-. The number of carbonyl (C=O) groups is 1. The maximum atomic E-state index is 12.4. The van der Waals surface area contributed by atoms with Crippen LogP contribution in [0.1, 0.15) is 35.7 Å². The van der Waals surface area contributed by atoms with Crippen molar-refractivity contribution in [1.82, 2.24) is 0 Å². The van der Waals surface area contributed by atoms with Crippen molar-refractivity contribution < 1.29 is 13.9 Å². The van der Waals surface area contributed by atoms with Gasteiger partial charge < -0.3 is 16.2 Å². The van der Waals surface area contributed by atoms with Crippen molar-refractivity contribution in [2.45, 2.75) is 26.2 Å². The van der Waals surface area contributed by atoms with E-state index in [1.807, 2.05) is 0 Å². The summed E-state index contributed by atoms with van der Waals surface area (Å²) in [7, 11) is 0. The van der Waals surface area contributed by atoms with E-state index in [1.54, 1.807) is 18.2 Å². The number of carbonyl (C=O) groups excluding carboxylic acids is 1. The molecule has 0 radical (unpaired) electrons. The first-order valence-electron chi connectivity index (χ1n) is 6.66. The number of halogens is 1. The zero-order valence-electron chi connectivity index (χ0n) is 11.7. The van der Waals surface area contributed by atoms with Gasteiger partial charge in [-0.15, -0.1) is 0 Å². The maximum Gasteiger partial charge on any atom is 0.248 e. The number of amides is 1. The van der Waals surface area contributed by atoms with E-state index in [-0.39, 0.29) is 13.2 Å². The fourth-order valence-corrected chi connectivity index (χ4v) is 1.79. The van der Waals surface area contributed by atoms with Crippen molar-refractivity contribution >= 4 is 5.91 Å². The van der Waals surface area contributed by atoms with Gasteiger partial charge in [0.25, 0.3) is 0 Å². The van der Waals surface area contributed by atoms with Gasteiger partial charge >= 0.3 is 0 Å². The van der Waals surface area contributed by atoms with Crippen molar-refractivity contribution in [2.24, 2.45) is 11.5 Å². The topological polar surface area (TPSA) is 78.3 Å². The molecule has 4 nitrogen and oxygen atoms in total. The lowest BCUT2D eigenvalue weighted by molar-refractivity contribution is 0.0999. The lowest BCUT2D eigenvalue weighted by atomic mass is 10.0. The van der Waals surface area contributed by atoms with Gasteiger partial charge in [0.05, 0.1) is 6.33 Å². The molecule has 0 saturated carbocycles. The number of aryl methyl sites for hydroxylation is 1. The minimum absolute atomic E-state index is 0.0934. The summed E-state index contributed by atoms with van der Waals surface area (Å²) in [5.74, 6) is 0.128. The van der Waals surface area contributed by atoms with Crippen LogP contribution in [-0.2, 0) is 6.42 Å². The van der Waals surface area contributed by atoms with Crippen molar-refractivity contribution in [3.05, 3.63) is 41.2 Å². The van der Waals surface area contributed by atoms with Crippen LogP contribution in [0.3, 0.4) is 0 Å². The summed E-state index contributed by atoms with van der Waals surface area (Å²) in [5.41, 5.74) is 12.4. The Hall–Kier alpha value is -1.88. The highest BCUT2D eigenvalue weighted by Gasteiger charge is 2.09. The van der Waals surface area contributed by atoms with E-state index in [4.69, 9.17) is 16.2 Å². The number of hydrogen-bond donors (Lipinski definition) is 2. The van der Waals surface area contributed by atoms with Gasteiger partial charge in [-0.3, -0.25) is 4.79 Å². The number of primary amides is 1. The Morgan fingerprint density at radius 1 is 1.45 bits per heavy atom. The van der Waals surface area contributed by atoms with Gasteiger partial charge in [0.2, 0.25) is 5.91 Å². The normalized spacial score (nSPS) is 11.4. The molecule has 0 aliphatic carbocycles. The number of unbranched alkanes of at least 4 members (excludes halogenated alkanes) is 1. The predicted octanol–water partition coefficient (Wildman–Crippen LogP) is 2.32. The fourth-order valence-electron chi connectivity index (χ4n) is 1.79. The SMILES string of the molecule is CCCCc1cc(OC/C(=C\F)CN)ccc1C(N)=O. The zero-order valence-corrected chi connectivity index (χ0v) is 11.7. The zero-order chi connectivity index (χ0) is 15.0. The van der Waals surface area contributed by atoms with Gasteiger partial charge in [-0.1, -0.05) is 13.3 Å². The predicted molar refractivity (Wildman–Crippen MR) is 77.3 cm³/mol. The van der Waals surface area contributed by atoms with E-state index < -0.39 is 5.91 Å². The van der Waals surface area contributed by atoms with Crippen molar-refractivity contribution in [2.75, 3.05) is 13.2 Å². The van der Waals surface area contributed by atoms with Gasteiger partial charge in [0.1, 0.15) is 12.4 Å². The highest BCUT2D eigenvalue weighted by atomic mass is 19.1. The first-order chi connectivity index (χ1) is 9.62. The first-order valence-corrected chi connectivity index (χ1v) is 6.66. The summed E-state index contributed by atoms with van der Waals surface area (Å²) in [5, 5.41) is 0. The molecule has 0 aliphatic rings. The molecular formula is C15H21FN2O2. The van der Waals surface area contributed by atoms with Gasteiger partial charge in [0, 0.05) is 17.7 Å². The molecule has 0 atom stereocenters. The average Bonchev–Trinajstić information content (AvgIpc) is 2.46. The quantitative estimate of drug-likeness (QED) is 0.767. The van der Waals surface area contributed by atoms with Crippen LogP contribution < -0.4 is 16.2 Å². The smallest absolute Gasteiger partial charge is 0.248 e. The highest BCUT2D eigenvalue weighted by Crippen LogP contribution is 2.20. The van der Waals surface area contributed by atoms with Gasteiger partial charge in [-0.25, -0.2) is 4.39 Å². The van der Waals surface area contributed by atoms with Crippen LogP contribution in [0.15, 0.2) is 30.1 Å². The Morgan fingerprint density at radius 2 is 2.20 bits per heavy atom. The molecule has 1 aromatic carbocycles. The first kappa shape index (κ1) is 16.2. The molecular weight excluding hydrogens is 259 g/mol. The van der Waals surface area contributed by atoms with Crippen LogP contribution in [-0.4, -0.2) is 19.1 Å². The molecule has 0 spiro atoms. The molecule has 0 bridgehead atoms. The Bertz CT molecular complexity index is 487. The second-order valence-corrected chi connectivity index (χ2v) is 4.55. The Labute approximate surface area is 118 Å². The van der Waals surface area contributed by atoms with Crippen LogP contribution in [0.2, 0.25) is 0 Å². The van der Waals surface area contributed by atoms with E-state index in [9.17, 15) is 9.18 Å². The van der Waals surface area contributed by atoms with E-state index in [1.165, 1.54) is 0 Å². The lowest BCUT2D eigenvalue weighted by Crippen LogP contribution is -2.14. The molecule has 110 valence electrons. The number of benzene rings is 1. The third kappa shape index (κ3) is 4.66. The molecule has 0 saturated heterocycles. The number of hydrogen-bond acceptors (Lipinski definition) is 3. The molecule has 0 aliphatic heterocycles. The van der Waals surface area contributed by atoms with E-state index >= 15 is 0 Å². The monoisotopic (exact) mass is 280 g/mol. The van der Waals surface area contributed by atoms with Gasteiger partial charge in [0.15, 0.2) is 0 Å². The van der Waals surface area contributed by atoms with Crippen LogP contribution in [0, 0.1) is 0 Å². The highest BCUT2D eigenvalue weighted by molar-refractivity contribution is 5.94. The summed E-state index contributed by atoms with van der Waals surface area (Å²) in [6, 6.07) is 5.08. The minimum atomic E-state index is -0.450. The Morgan fingerprint density at radius 3 is 2.75 bits per heavy atom. The molecule has 5 heteroatoms. The fraction of sp³-hybridized carbons (Fsp3) is 0.400. The van der Waals surface area contributed by atoms with Crippen molar-refractivity contribution in [3.63, 3.8) is 0 Å². The van der Waals surface area contributed by atoms with Crippen LogP contribution in [0.4, 0.5) is 4.39 Å². The summed E-state index contributed by atoms with van der Waals surface area (Å²) in [6.07, 6.45) is 3.19. The summed E-state index contributed by atoms with van der Waals surface area (Å²) in [4.78, 5) is 11.4. The Balaban J connectivity index is 2.85. The summed E-state index contributed by atoms with van der Waals surface area (Å²) in [6.45, 7) is 2.28. The summed E-state index contributed by atoms with van der Waals surface area (Å²) >= 11 is 0. The number of nitrogens with two attached hydrogens (primary N) is 2. The minimum Gasteiger partial charge on any atom is -0.489 e. The van der Waals surface area contributed by atoms with Crippen LogP contribution in [0.25, 0.3) is 0 Å². The summed E-state index contributed by atoms with van der Waals surface area (Å²) < 4.78 is 17.9. The second kappa shape index (κ2) is 8.32. The Kier molecular flexibility index (Phi) is 6.73. The van der Waals surface area contributed by atoms with E-state index in [0.717, 1.165) is 24.8 Å². The van der Waals surface area contributed by atoms with Crippen LogP contribution in [0.5, 0.6) is 5.75 Å². The molecule has 1 aromatic rings. The molecule has 4 N–H and O–H groups in total. The van der Waals surface area contributed by atoms with Crippen molar-refractivity contribution in [1.29, 1.82) is 0 Å². The van der Waals surface area contributed by atoms with E-state index in [0.29, 0.717) is 23.2 Å². The number of rotatable bonds is 8. The van der Waals surface area contributed by atoms with Crippen molar-refractivity contribution in [3.8, 4) is 5.75 Å². The van der Waals surface area contributed by atoms with Gasteiger partial charge in [-0.2, -0.15) is 0 Å². The van der Waals surface area contributed by atoms with E-state index in [2.05, 4.69) is 6.92 Å². The molecule has 0 fully saturated rings. The second-order valence-electron chi connectivity index (χ2n) is 4.55. The lowest BCUT2D eigenvalue weighted by Gasteiger charge is -2.11. The largest absolute Gasteiger partial charge is 0.489 e. The molecule has 20 heavy (non-hydrogen) atoms. The number of ether oxygens (including phenoxy) is 1. The molecule has 1 rings (SSSR count). The molecule has 1 amide bonds. The van der Waals surface area contributed by atoms with Gasteiger partial charge in [-0.05, 0) is 36.6 Å². The molecule has 0 unspecified atom stereocenters. The third-order valence-electron chi connectivity index (χ3n) is 2.98. The van der Waals surface area contributed by atoms with Crippen LogP contribution >= 0.6 is 0 Å². The average molecular weight is 280 g/mol. The maximum absolute atomic E-state index is 12.4.